The molecule has 2 saturated heterocycles. The molecule has 1 unspecified atom stereocenters. The van der Waals surface area contributed by atoms with Crippen molar-refractivity contribution in [2.24, 2.45) is 0 Å². The van der Waals surface area contributed by atoms with Gasteiger partial charge < -0.3 is 9.64 Å². The number of imide groups is 2. The summed E-state index contributed by atoms with van der Waals surface area (Å²) in [6.45, 7) is 8.42. The van der Waals surface area contributed by atoms with E-state index in [9.17, 15) is 28.8 Å². The number of amides is 4. The van der Waals surface area contributed by atoms with Crippen LogP contribution in [0.4, 0.5) is 5.69 Å². The van der Waals surface area contributed by atoms with E-state index in [1.165, 1.54) is 6.92 Å². The number of unbranched alkanes of at least 4 members (excludes halogenated alkanes) is 3. The fourth-order valence-electron chi connectivity index (χ4n) is 9.05. The number of rotatable bonds is 14. The Hall–Kier alpha value is -5.83. The van der Waals surface area contributed by atoms with Gasteiger partial charge in [-0.05, 0) is 82.3 Å². The van der Waals surface area contributed by atoms with Crippen LogP contribution in [0, 0.1) is 6.92 Å². The Morgan fingerprint density at radius 3 is 2.39 bits per heavy atom. The quantitative estimate of drug-likeness (QED) is 0.107. The van der Waals surface area contributed by atoms with Gasteiger partial charge in [-0.3, -0.25) is 53.4 Å². The van der Waals surface area contributed by atoms with Crippen LogP contribution in [0.2, 0.25) is 0 Å². The Kier molecular flexibility index (Phi) is 11.6. The summed E-state index contributed by atoms with van der Waals surface area (Å²) in [6.07, 6.45) is 12.1. The molecule has 15 heteroatoms. The number of anilines is 1. The van der Waals surface area contributed by atoms with E-state index in [0.717, 1.165) is 106 Å². The van der Waals surface area contributed by atoms with E-state index >= 15 is 0 Å². The van der Waals surface area contributed by atoms with Crippen LogP contribution in [0.15, 0.2) is 47.5 Å². The lowest BCUT2D eigenvalue weighted by molar-refractivity contribution is -0.136. The molecule has 6 heterocycles. The van der Waals surface area contributed by atoms with Crippen LogP contribution in [0.1, 0.15) is 125 Å². The number of carbonyl (C=O) groups excluding carboxylic acids is 5. The largest absolute Gasteiger partial charge is 0.493 e. The molecule has 3 aromatic heterocycles. The maximum absolute atomic E-state index is 13.6. The van der Waals surface area contributed by atoms with Crippen molar-refractivity contribution in [3.05, 3.63) is 86.9 Å². The van der Waals surface area contributed by atoms with Crippen molar-refractivity contribution < 1.29 is 28.7 Å². The Morgan fingerprint density at radius 2 is 1.66 bits per heavy atom. The van der Waals surface area contributed by atoms with Gasteiger partial charge in [-0.1, -0.05) is 31.7 Å². The number of pyridine rings is 2. The molecule has 0 radical (unpaired) electrons. The highest BCUT2D eigenvalue weighted by Crippen LogP contribution is 2.34. The number of ketones is 1. The molecule has 0 spiro atoms. The molecule has 1 N–H and O–H groups in total. The monoisotopic (exact) mass is 802 g/mol. The average molecular weight is 803 g/mol. The molecule has 59 heavy (non-hydrogen) atoms. The summed E-state index contributed by atoms with van der Waals surface area (Å²) >= 11 is 0. The number of piperidine rings is 1. The Bertz CT molecular complexity index is 2360. The molecule has 1 aliphatic carbocycles. The lowest BCUT2D eigenvalue weighted by Crippen LogP contribution is -2.54. The number of aromatic nitrogens is 4. The van der Waals surface area contributed by atoms with Gasteiger partial charge in [0.25, 0.3) is 17.4 Å². The number of nitrogens with one attached hydrogen (secondary N) is 1. The molecule has 0 bridgehead atoms. The van der Waals surface area contributed by atoms with Gasteiger partial charge in [-0.15, -0.1) is 0 Å². The zero-order valence-corrected chi connectivity index (χ0v) is 33.7. The molecule has 1 saturated carbocycles. The second kappa shape index (κ2) is 17.2. The van der Waals surface area contributed by atoms with E-state index in [0.29, 0.717) is 35.8 Å². The molecule has 4 amide bonds. The molecule has 1 atom stereocenters. The normalized spacial score (nSPS) is 18.8. The number of ether oxygens (including phenoxy) is 1. The Balaban J connectivity index is 0.775. The highest BCUT2D eigenvalue weighted by molar-refractivity contribution is 6.24. The fourth-order valence-corrected chi connectivity index (χ4v) is 9.05. The average Bonchev–Trinajstić information content (AvgIpc) is 3.84. The van der Waals surface area contributed by atoms with Gasteiger partial charge in [0, 0.05) is 55.9 Å². The third-order valence-electron chi connectivity index (χ3n) is 12.2. The van der Waals surface area contributed by atoms with E-state index in [2.05, 4.69) is 26.2 Å². The van der Waals surface area contributed by atoms with E-state index in [1.54, 1.807) is 35.9 Å². The summed E-state index contributed by atoms with van der Waals surface area (Å²) in [7, 11) is 0. The standard InChI is InChI=1S/C44H50N8O7/c1-27-33-26-46-36(47-40(33)51(30-10-5-6-11-30)43(57)38(27)28(2)53)24-29-14-15-31(25-45-29)50-21-19-49(20-22-50)18-7-3-4-8-23-59-35-13-9-12-32-39(35)44(58)52(42(32)56)34-16-17-37(54)48-41(34)55/h9,12-15,25-26,30,34H,3-8,10-11,16-24H2,1-2H3,(H,48,54,55). The number of carbonyl (C=O) groups is 5. The summed E-state index contributed by atoms with van der Waals surface area (Å²) in [5, 5.41) is 2.97. The molecule has 15 nitrogen and oxygen atoms in total. The zero-order valence-electron chi connectivity index (χ0n) is 33.7. The summed E-state index contributed by atoms with van der Waals surface area (Å²) in [6, 6.07) is 8.06. The van der Waals surface area contributed by atoms with Crippen LogP contribution in [0.25, 0.3) is 11.0 Å². The number of nitrogens with zero attached hydrogens (tertiary/aromatic N) is 7. The molecule has 1 aromatic carbocycles. The third-order valence-corrected chi connectivity index (χ3v) is 12.2. The van der Waals surface area contributed by atoms with Gasteiger partial charge in [-0.2, -0.15) is 0 Å². The van der Waals surface area contributed by atoms with Crippen molar-refractivity contribution in [2.45, 2.75) is 96.6 Å². The maximum Gasteiger partial charge on any atom is 0.266 e. The Labute approximate surface area is 342 Å². The van der Waals surface area contributed by atoms with Crippen molar-refractivity contribution in [1.82, 2.24) is 34.6 Å². The number of benzene rings is 1. The van der Waals surface area contributed by atoms with Gasteiger partial charge in [0.2, 0.25) is 11.8 Å². The molecule has 308 valence electrons. The first-order valence-electron chi connectivity index (χ1n) is 20.9. The van der Waals surface area contributed by atoms with E-state index in [1.807, 2.05) is 12.3 Å². The molecule has 3 aliphatic heterocycles. The van der Waals surface area contributed by atoms with Crippen molar-refractivity contribution in [2.75, 3.05) is 44.2 Å². The van der Waals surface area contributed by atoms with Crippen molar-refractivity contribution in [1.29, 1.82) is 0 Å². The zero-order chi connectivity index (χ0) is 41.2. The first-order valence-corrected chi connectivity index (χ1v) is 20.9. The fraction of sp³-hybridized carbons (Fsp3) is 0.477. The lowest BCUT2D eigenvalue weighted by Gasteiger charge is -2.36. The first kappa shape index (κ1) is 40.0. The number of fused-ring (bicyclic) bond motifs is 2. The third kappa shape index (κ3) is 8.12. The highest BCUT2D eigenvalue weighted by atomic mass is 16.5. The molecule has 4 aliphatic rings. The maximum atomic E-state index is 13.6. The topological polar surface area (TPSA) is 177 Å². The predicted molar refractivity (Wildman–Crippen MR) is 219 cm³/mol. The Morgan fingerprint density at radius 1 is 0.881 bits per heavy atom. The molecule has 4 aromatic rings. The number of piperazine rings is 1. The van der Waals surface area contributed by atoms with Gasteiger partial charge in [0.05, 0.1) is 41.6 Å². The van der Waals surface area contributed by atoms with Gasteiger partial charge >= 0.3 is 0 Å². The second-order valence-corrected chi connectivity index (χ2v) is 16.1. The van der Waals surface area contributed by atoms with Gasteiger partial charge in [0.1, 0.15) is 23.3 Å². The number of hydrogen-bond acceptors (Lipinski definition) is 12. The summed E-state index contributed by atoms with van der Waals surface area (Å²) < 4.78 is 7.74. The van der Waals surface area contributed by atoms with Gasteiger partial charge in [-0.25, -0.2) is 9.97 Å². The van der Waals surface area contributed by atoms with Crippen LogP contribution in [-0.4, -0.2) is 104 Å². The number of aryl methyl sites for hydroxylation is 1. The SMILES string of the molecule is CC(=O)c1c(C)c2cnc(Cc3ccc(N4CCN(CCCCCCOc5cccc6c5C(=O)N(C5CCC(=O)NC5=O)C6=O)CC4)cn3)nc2n(C2CCCC2)c1=O. The van der Waals surface area contributed by atoms with E-state index in [-0.39, 0.29) is 46.9 Å². The number of hydrogen-bond donors (Lipinski definition) is 1. The summed E-state index contributed by atoms with van der Waals surface area (Å²) in [5.74, 6) is -1.45. The number of Topliss-reactive ketones (excluding diaryl/α,β-unsaturated/α-hetero) is 1. The van der Waals surface area contributed by atoms with E-state index in [4.69, 9.17) is 14.7 Å². The minimum Gasteiger partial charge on any atom is -0.493 e. The first-order chi connectivity index (χ1) is 28.6. The van der Waals surface area contributed by atoms with Gasteiger partial charge in [0.15, 0.2) is 5.78 Å². The van der Waals surface area contributed by atoms with Crippen LogP contribution < -0.4 is 20.5 Å². The van der Waals surface area contributed by atoms with Crippen molar-refractivity contribution in [3.8, 4) is 5.75 Å². The summed E-state index contributed by atoms with van der Waals surface area (Å²) in [5.41, 5.74) is 3.54. The summed E-state index contributed by atoms with van der Waals surface area (Å²) in [4.78, 5) is 96.5. The van der Waals surface area contributed by atoms with Crippen molar-refractivity contribution >= 4 is 46.1 Å². The second-order valence-electron chi connectivity index (χ2n) is 16.1. The highest BCUT2D eigenvalue weighted by Gasteiger charge is 2.46. The minimum atomic E-state index is -1.01. The molecule has 3 fully saturated rings. The van der Waals surface area contributed by atoms with E-state index < -0.39 is 29.7 Å². The van der Waals surface area contributed by atoms with Crippen LogP contribution >= 0.6 is 0 Å². The molecule has 8 rings (SSSR count). The molecular weight excluding hydrogens is 753 g/mol. The minimum absolute atomic E-state index is 0.0343. The van der Waals surface area contributed by atoms with Crippen LogP contribution in [-0.2, 0) is 16.0 Å². The van der Waals surface area contributed by atoms with Crippen LogP contribution in [0.3, 0.4) is 0 Å². The van der Waals surface area contributed by atoms with Crippen LogP contribution in [0.5, 0.6) is 5.75 Å². The lowest BCUT2D eigenvalue weighted by atomic mass is 10.0. The predicted octanol–water partition coefficient (Wildman–Crippen LogP) is 4.57. The molecular formula is C44H50N8O7. The van der Waals surface area contributed by atoms with Crippen molar-refractivity contribution in [3.63, 3.8) is 0 Å². The smallest absolute Gasteiger partial charge is 0.266 e.